The van der Waals surface area contributed by atoms with Crippen LogP contribution in [0.15, 0.2) is 0 Å². The monoisotopic (exact) mass is 267 g/mol. The summed E-state index contributed by atoms with van der Waals surface area (Å²) >= 11 is 0. The third kappa shape index (κ3) is 3.84. The van der Waals surface area contributed by atoms with Crippen LogP contribution in [0.25, 0.3) is 0 Å². The second-order valence-electron chi connectivity index (χ2n) is 4.73. The number of hydrogen-bond donors (Lipinski definition) is 0. The highest BCUT2D eigenvalue weighted by molar-refractivity contribution is 4.94. The van der Waals surface area contributed by atoms with Crippen molar-refractivity contribution in [3.05, 3.63) is 0 Å². The summed E-state index contributed by atoms with van der Waals surface area (Å²) in [5.41, 5.74) is 0. The zero-order valence-electron chi connectivity index (χ0n) is 10.2. The Morgan fingerprint density at radius 1 is 1.39 bits per heavy atom. The van der Waals surface area contributed by atoms with Gasteiger partial charge in [-0.05, 0) is 25.2 Å². The van der Waals surface area contributed by atoms with Crippen LogP contribution in [0.4, 0.5) is 17.6 Å². The highest BCUT2D eigenvalue weighted by atomic mass is 19.3. The Morgan fingerprint density at radius 2 is 2.06 bits per heavy atom. The number of nitrogens with zero attached hydrogens (tertiary/aromatic N) is 1. The summed E-state index contributed by atoms with van der Waals surface area (Å²) in [5, 5.41) is 8.89. The summed E-state index contributed by atoms with van der Waals surface area (Å²) in [6.07, 6.45) is -1.57. The summed E-state index contributed by atoms with van der Waals surface area (Å²) in [7, 11) is 0. The Morgan fingerprint density at radius 3 is 2.56 bits per heavy atom. The smallest absolute Gasteiger partial charge is 0.330 e. The largest absolute Gasteiger partial charge is 0.370 e. The predicted octanol–water partition coefficient (Wildman–Crippen LogP) is 3.62. The summed E-state index contributed by atoms with van der Waals surface area (Å²) in [6, 6.07) is 2.01. The number of rotatable bonds is 5. The van der Waals surface area contributed by atoms with Gasteiger partial charge in [-0.1, -0.05) is 13.3 Å². The molecule has 1 aliphatic rings. The molecule has 0 aliphatic heterocycles. The molecule has 18 heavy (non-hydrogen) atoms. The summed E-state index contributed by atoms with van der Waals surface area (Å²) < 4.78 is 54.4. The molecule has 1 saturated carbocycles. The maximum absolute atomic E-state index is 12.8. The zero-order chi connectivity index (χ0) is 13.8. The fraction of sp³-hybridized carbons (Fsp3) is 0.917. The van der Waals surface area contributed by atoms with Crippen molar-refractivity contribution in [2.24, 2.45) is 11.8 Å². The van der Waals surface area contributed by atoms with Crippen LogP contribution in [-0.4, -0.2) is 25.1 Å². The van der Waals surface area contributed by atoms with Crippen molar-refractivity contribution in [1.29, 1.82) is 5.26 Å². The first-order valence-electron chi connectivity index (χ1n) is 6.07. The van der Waals surface area contributed by atoms with Gasteiger partial charge < -0.3 is 4.74 Å². The van der Waals surface area contributed by atoms with Gasteiger partial charge >= 0.3 is 12.3 Å². The number of alkyl halides is 4. The van der Waals surface area contributed by atoms with Gasteiger partial charge in [0.25, 0.3) is 0 Å². The lowest BCUT2D eigenvalue weighted by atomic mass is 9.79. The minimum atomic E-state index is -4.14. The van der Waals surface area contributed by atoms with E-state index >= 15 is 0 Å². The summed E-state index contributed by atoms with van der Waals surface area (Å²) in [4.78, 5) is 0. The lowest BCUT2D eigenvalue weighted by molar-refractivity contribution is -0.183. The average molecular weight is 267 g/mol. The van der Waals surface area contributed by atoms with Crippen molar-refractivity contribution in [3.63, 3.8) is 0 Å². The first-order chi connectivity index (χ1) is 8.40. The van der Waals surface area contributed by atoms with E-state index < -0.39 is 31.0 Å². The van der Waals surface area contributed by atoms with E-state index in [1.807, 2.05) is 13.0 Å². The van der Waals surface area contributed by atoms with Crippen LogP contribution >= 0.6 is 0 Å². The zero-order valence-corrected chi connectivity index (χ0v) is 10.2. The van der Waals surface area contributed by atoms with Crippen molar-refractivity contribution in [2.75, 3.05) is 6.61 Å². The van der Waals surface area contributed by atoms with Crippen molar-refractivity contribution in [1.82, 2.24) is 0 Å². The predicted molar refractivity (Wildman–Crippen MR) is 57.4 cm³/mol. The molecule has 0 spiro atoms. The van der Waals surface area contributed by atoms with Crippen LogP contribution in [0.2, 0.25) is 0 Å². The molecular weight excluding hydrogens is 250 g/mol. The molecule has 1 aliphatic carbocycles. The number of nitriles is 1. The molecule has 0 bridgehead atoms. The molecule has 3 unspecified atom stereocenters. The standard InChI is InChI=1S/C12H17F4NO/c1-2-8-3-4-9(6-17)10(5-8)18-7-12(15,16)11(13)14/h8-11H,2-5,7H2,1H3. The Hall–Kier alpha value is -0.830. The summed E-state index contributed by atoms with van der Waals surface area (Å²) in [5.74, 6) is -4.29. The van der Waals surface area contributed by atoms with Crippen LogP contribution in [0.5, 0.6) is 0 Å². The second kappa shape index (κ2) is 6.37. The average Bonchev–Trinajstić information content (AvgIpc) is 2.35. The molecule has 0 aromatic carbocycles. The van der Waals surface area contributed by atoms with Crippen LogP contribution < -0.4 is 0 Å². The molecule has 0 heterocycles. The number of ether oxygens (including phenoxy) is 1. The number of halogens is 4. The van der Waals surface area contributed by atoms with Gasteiger partial charge in [0, 0.05) is 0 Å². The quantitative estimate of drug-likeness (QED) is 0.713. The van der Waals surface area contributed by atoms with Crippen molar-refractivity contribution >= 4 is 0 Å². The van der Waals surface area contributed by atoms with E-state index in [1.165, 1.54) is 0 Å². The topological polar surface area (TPSA) is 33.0 Å². The molecule has 0 aromatic rings. The molecule has 0 N–H and O–H groups in total. The molecule has 104 valence electrons. The van der Waals surface area contributed by atoms with Gasteiger partial charge in [0.05, 0.1) is 18.1 Å². The van der Waals surface area contributed by atoms with Crippen molar-refractivity contribution in [2.45, 2.75) is 51.1 Å². The molecule has 0 aromatic heterocycles. The maximum Gasteiger partial charge on any atom is 0.330 e. The van der Waals surface area contributed by atoms with Crippen LogP contribution in [0, 0.1) is 23.2 Å². The highest BCUT2D eigenvalue weighted by Crippen LogP contribution is 2.34. The van der Waals surface area contributed by atoms with E-state index in [2.05, 4.69) is 0 Å². The Balaban J connectivity index is 2.54. The van der Waals surface area contributed by atoms with Gasteiger partial charge in [0.15, 0.2) is 0 Å². The first-order valence-corrected chi connectivity index (χ1v) is 6.07. The molecule has 2 nitrogen and oxygen atoms in total. The second-order valence-corrected chi connectivity index (χ2v) is 4.73. The highest BCUT2D eigenvalue weighted by Gasteiger charge is 2.43. The van der Waals surface area contributed by atoms with E-state index in [9.17, 15) is 17.6 Å². The molecule has 0 radical (unpaired) electrons. The SMILES string of the molecule is CCC1CCC(C#N)C(OCC(F)(F)C(F)F)C1. The third-order valence-corrected chi connectivity index (χ3v) is 3.45. The van der Waals surface area contributed by atoms with Gasteiger partial charge in [-0.3, -0.25) is 0 Å². The van der Waals surface area contributed by atoms with E-state index in [4.69, 9.17) is 10.00 Å². The molecule has 3 atom stereocenters. The normalized spacial score (nSPS) is 29.3. The van der Waals surface area contributed by atoms with Gasteiger partial charge in [-0.25, -0.2) is 8.78 Å². The lowest BCUT2D eigenvalue weighted by Crippen LogP contribution is -2.38. The van der Waals surface area contributed by atoms with Gasteiger partial charge in [0.2, 0.25) is 0 Å². The third-order valence-electron chi connectivity index (χ3n) is 3.45. The molecule has 1 fully saturated rings. The minimum absolute atomic E-state index is 0.319. The Labute approximate surface area is 104 Å². The van der Waals surface area contributed by atoms with E-state index in [0.29, 0.717) is 18.8 Å². The fourth-order valence-electron chi connectivity index (χ4n) is 2.20. The van der Waals surface area contributed by atoms with Crippen LogP contribution in [0.3, 0.4) is 0 Å². The molecule has 0 saturated heterocycles. The lowest BCUT2D eigenvalue weighted by Gasteiger charge is -2.33. The maximum atomic E-state index is 12.8. The van der Waals surface area contributed by atoms with Gasteiger partial charge in [-0.2, -0.15) is 14.0 Å². The minimum Gasteiger partial charge on any atom is -0.370 e. The Bertz CT molecular complexity index is 303. The fourth-order valence-corrected chi connectivity index (χ4v) is 2.20. The van der Waals surface area contributed by atoms with Crippen molar-refractivity contribution in [3.8, 4) is 6.07 Å². The van der Waals surface area contributed by atoms with Gasteiger partial charge in [0.1, 0.15) is 6.61 Å². The van der Waals surface area contributed by atoms with Crippen molar-refractivity contribution < 1.29 is 22.3 Å². The molecule has 0 amide bonds. The Kier molecular flexibility index (Phi) is 5.39. The first kappa shape index (κ1) is 15.2. The van der Waals surface area contributed by atoms with Gasteiger partial charge in [-0.15, -0.1) is 0 Å². The van der Waals surface area contributed by atoms with E-state index in [1.54, 1.807) is 0 Å². The molecule has 6 heteroatoms. The molecule has 1 rings (SSSR count). The van der Waals surface area contributed by atoms with E-state index in [-0.39, 0.29) is 0 Å². The number of hydrogen-bond acceptors (Lipinski definition) is 2. The van der Waals surface area contributed by atoms with E-state index in [0.717, 1.165) is 12.8 Å². The summed E-state index contributed by atoms with van der Waals surface area (Å²) in [6.45, 7) is 0.659. The molecular formula is C12H17F4NO. The van der Waals surface area contributed by atoms with Crippen LogP contribution in [-0.2, 0) is 4.74 Å². The van der Waals surface area contributed by atoms with Crippen LogP contribution in [0.1, 0.15) is 32.6 Å².